The van der Waals surface area contributed by atoms with Crippen LogP contribution < -0.4 is 0 Å². The van der Waals surface area contributed by atoms with Gasteiger partial charge < -0.3 is 4.98 Å². The van der Waals surface area contributed by atoms with E-state index in [1.165, 1.54) is 24.3 Å². The van der Waals surface area contributed by atoms with Crippen LogP contribution in [0.15, 0.2) is 24.3 Å². The molecule has 1 aromatic carbocycles. The van der Waals surface area contributed by atoms with E-state index in [0.29, 0.717) is 0 Å². The fourth-order valence-corrected chi connectivity index (χ4v) is 1.93. The summed E-state index contributed by atoms with van der Waals surface area (Å²) < 4.78 is 89.7. The zero-order valence-electron chi connectivity index (χ0n) is 9.96. The van der Waals surface area contributed by atoms with Crippen LogP contribution in [0, 0.1) is 6.92 Å². The quantitative estimate of drug-likeness (QED) is 0.769. The van der Waals surface area contributed by atoms with Crippen LogP contribution in [0.4, 0.5) is 30.7 Å². The minimum Gasteiger partial charge on any atom is -0.353 e. The smallest absolute Gasteiger partial charge is 0.353 e. The predicted molar refractivity (Wildman–Crippen MR) is 57.9 cm³/mol. The number of halogens is 7. The normalized spacial score (nSPS) is 14.0. The van der Waals surface area contributed by atoms with Gasteiger partial charge in [-0.15, -0.1) is 0 Å². The highest BCUT2D eigenvalue weighted by molar-refractivity contribution is 5.84. The summed E-state index contributed by atoms with van der Waals surface area (Å²) in [5.74, 6) is -11.5. The Bertz CT molecular complexity index is 639. The summed E-state index contributed by atoms with van der Waals surface area (Å²) in [6, 6.07) is 5.58. The topological polar surface area (TPSA) is 15.8 Å². The van der Waals surface area contributed by atoms with Gasteiger partial charge in [-0.05, 0) is 18.6 Å². The van der Waals surface area contributed by atoms with Crippen molar-refractivity contribution in [3.8, 4) is 0 Å². The minimum atomic E-state index is -6.35. The van der Waals surface area contributed by atoms with Crippen LogP contribution in [0.3, 0.4) is 0 Å². The first kappa shape index (κ1) is 14.7. The van der Waals surface area contributed by atoms with E-state index in [9.17, 15) is 30.7 Å². The Balaban J connectivity index is 2.66. The number of hydrogen-bond acceptors (Lipinski definition) is 0. The number of fused-ring (bicyclic) bond motifs is 1. The second-order valence-corrected chi connectivity index (χ2v) is 4.32. The molecule has 20 heavy (non-hydrogen) atoms. The Labute approximate surface area is 108 Å². The van der Waals surface area contributed by atoms with Crippen molar-refractivity contribution in [3.63, 3.8) is 0 Å². The van der Waals surface area contributed by atoms with Gasteiger partial charge in [0.25, 0.3) is 0 Å². The first-order valence-corrected chi connectivity index (χ1v) is 5.40. The van der Waals surface area contributed by atoms with Crippen molar-refractivity contribution >= 4 is 10.9 Å². The molecule has 0 amide bonds. The number of hydrogen-bond donors (Lipinski definition) is 1. The molecular weight excluding hydrogens is 291 g/mol. The number of alkyl halides is 7. The molecule has 1 heterocycles. The van der Waals surface area contributed by atoms with E-state index in [0.717, 1.165) is 6.92 Å². The van der Waals surface area contributed by atoms with Crippen molar-refractivity contribution in [2.45, 2.75) is 24.9 Å². The number of aromatic nitrogens is 1. The molecule has 0 aliphatic carbocycles. The molecular formula is C12H8F7N. The molecule has 0 saturated heterocycles. The van der Waals surface area contributed by atoms with Crippen molar-refractivity contribution in [2.75, 3.05) is 0 Å². The van der Waals surface area contributed by atoms with Crippen molar-refractivity contribution in [1.29, 1.82) is 0 Å². The molecule has 0 fully saturated rings. The summed E-state index contributed by atoms with van der Waals surface area (Å²) in [5.41, 5.74) is -1.70. The standard InChI is InChI=1S/C12H8F7N/c1-6-7-4-2-3-5-8(7)20-9(6)10(13,14)11(15,16)12(17,18)19/h2-5,20H,1H3. The lowest BCUT2D eigenvalue weighted by atomic mass is 10.0. The first-order chi connectivity index (χ1) is 9.00. The highest BCUT2D eigenvalue weighted by atomic mass is 19.4. The lowest BCUT2D eigenvalue weighted by molar-refractivity contribution is -0.360. The Morgan fingerprint density at radius 3 is 1.95 bits per heavy atom. The average Bonchev–Trinajstić information content (AvgIpc) is 2.66. The maximum Gasteiger partial charge on any atom is 0.460 e. The monoisotopic (exact) mass is 299 g/mol. The molecule has 0 unspecified atom stereocenters. The number of para-hydroxylation sites is 1. The molecule has 2 rings (SSSR count). The van der Waals surface area contributed by atoms with E-state index in [2.05, 4.69) is 0 Å². The molecule has 1 nitrogen and oxygen atoms in total. The fraction of sp³-hybridized carbons (Fsp3) is 0.333. The molecule has 0 radical (unpaired) electrons. The van der Waals surface area contributed by atoms with Gasteiger partial charge in [0, 0.05) is 10.9 Å². The lowest BCUT2D eigenvalue weighted by Gasteiger charge is -2.28. The SMILES string of the molecule is Cc1c(C(F)(F)C(F)(F)C(F)(F)F)[nH]c2ccccc12. The molecule has 2 aromatic rings. The van der Waals surface area contributed by atoms with E-state index >= 15 is 0 Å². The Morgan fingerprint density at radius 1 is 0.900 bits per heavy atom. The maximum absolute atomic E-state index is 13.6. The zero-order valence-corrected chi connectivity index (χ0v) is 9.96. The van der Waals surface area contributed by atoms with E-state index in [-0.39, 0.29) is 16.5 Å². The van der Waals surface area contributed by atoms with Gasteiger partial charge in [0.2, 0.25) is 0 Å². The molecule has 0 aliphatic rings. The lowest BCUT2D eigenvalue weighted by Crippen LogP contribution is -2.50. The summed E-state index contributed by atoms with van der Waals surface area (Å²) in [5, 5.41) is 0.167. The number of benzene rings is 1. The van der Waals surface area contributed by atoms with E-state index < -0.39 is 23.7 Å². The number of H-pyrrole nitrogens is 1. The van der Waals surface area contributed by atoms with E-state index in [1.54, 1.807) is 0 Å². The van der Waals surface area contributed by atoms with Crippen molar-refractivity contribution in [2.24, 2.45) is 0 Å². The summed E-state index contributed by atoms with van der Waals surface area (Å²) >= 11 is 0. The van der Waals surface area contributed by atoms with Crippen LogP contribution in [-0.2, 0) is 5.92 Å². The van der Waals surface area contributed by atoms with Gasteiger partial charge in [-0.2, -0.15) is 30.7 Å². The summed E-state index contributed by atoms with van der Waals surface area (Å²) in [6.07, 6.45) is -6.35. The predicted octanol–water partition coefficient (Wildman–Crippen LogP) is 4.77. The van der Waals surface area contributed by atoms with Gasteiger partial charge in [-0.25, -0.2) is 0 Å². The number of aryl methyl sites for hydroxylation is 1. The van der Waals surface area contributed by atoms with Crippen molar-refractivity contribution in [1.82, 2.24) is 4.98 Å². The van der Waals surface area contributed by atoms with Crippen molar-refractivity contribution < 1.29 is 30.7 Å². The van der Waals surface area contributed by atoms with Crippen LogP contribution in [0.2, 0.25) is 0 Å². The highest BCUT2D eigenvalue weighted by Crippen LogP contribution is 2.52. The molecule has 0 atom stereocenters. The Hall–Kier alpha value is -1.73. The third kappa shape index (κ3) is 1.85. The fourth-order valence-electron chi connectivity index (χ4n) is 1.93. The zero-order chi connectivity index (χ0) is 15.3. The number of rotatable bonds is 2. The second-order valence-electron chi connectivity index (χ2n) is 4.32. The molecule has 0 aliphatic heterocycles. The Morgan fingerprint density at radius 2 is 1.45 bits per heavy atom. The van der Waals surface area contributed by atoms with Gasteiger partial charge in [0.15, 0.2) is 0 Å². The van der Waals surface area contributed by atoms with Gasteiger partial charge >= 0.3 is 18.0 Å². The maximum atomic E-state index is 13.6. The van der Waals surface area contributed by atoms with Crippen LogP contribution >= 0.6 is 0 Å². The van der Waals surface area contributed by atoms with Gasteiger partial charge in [0.05, 0.1) is 5.69 Å². The van der Waals surface area contributed by atoms with Crippen LogP contribution in [-0.4, -0.2) is 17.1 Å². The molecule has 1 N–H and O–H groups in total. The first-order valence-electron chi connectivity index (χ1n) is 5.40. The van der Waals surface area contributed by atoms with E-state index in [4.69, 9.17) is 0 Å². The minimum absolute atomic E-state index is 0.0673. The number of nitrogens with one attached hydrogen (secondary N) is 1. The summed E-state index contributed by atoms with van der Waals surface area (Å²) in [7, 11) is 0. The average molecular weight is 299 g/mol. The Kier molecular flexibility index (Phi) is 3.03. The van der Waals surface area contributed by atoms with Crippen molar-refractivity contribution in [3.05, 3.63) is 35.5 Å². The molecule has 8 heteroatoms. The third-order valence-corrected chi connectivity index (χ3v) is 3.03. The third-order valence-electron chi connectivity index (χ3n) is 3.03. The highest BCUT2D eigenvalue weighted by Gasteiger charge is 2.74. The molecule has 0 bridgehead atoms. The molecule has 110 valence electrons. The van der Waals surface area contributed by atoms with Gasteiger partial charge in [0.1, 0.15) is 0 Å². The molecule has 0 spiro atoms. The van der Waals surface area contributed by atoms with Crippen LogP contribution in [0.5, 0.6) is 0 Å². The van der Waals surface area contributed by atoms with Gasteiger partial charge in [-0.1, -0.05) is 18.2 Å². The largest absolute Gasteiger partial charge is 0.460 e. The number of aromatic amines is 1. The second kappa shape index (κ2) is 4.13. The van der Waals surface area contributed by atoms with Crippen LogP contribution in [0.1, 0.15) is 11.3 Å². The summed E-state index contributed by atoms with van der Waals surface area (Å²) in [4.78, 5) is 1.95. The van der Waals surface area contributed by atoms with Gasteiger partial charge in [-0.3, -0.25) is 0 Å². The van der Waals surface area contributed by atoms with E-state index in [1.807, 2.05) is 4.98 Å². The molecule has 0 saturated carbocycles. The van der Waals surface area contributed by atoms with Crippen LogP contribution in [0.25, 0.3) is 10.9 Å². The molecule has 1 aromatic heterocycles. The summed E-state index contributed by atoms with van der Waals surface area (Å²) in [6.45, 7) is 1.06.